The van der Waals surface area contributed by atoms with Crippen LogP contribution in [0.4, 0.5) is 13.2 Å². The summed E-state index contributed by atoms with van der Waals surface area (Å²) in [6.45, 7) is 4.46. The first-order valence-electron chi connectivity index (χ1n) is 12.2. The summed E-state index contributed by atoms with van der Waals surface area (Å²) in [5, 5.41) is 0. The predicted octanol–water partition coefficient (Wildman–Crippen LogP) is 3.75. The van der Waals surface area contributed by atoms with Gasteiger partial charge in [-0.05, 0) is 52.4 Å². The van der Waals surface area contributed by atoms with Crippen LogP contribution in [-0.2, 0) is 47.5 Å². The highest BCUT2D eigenvalue weighted by Crippen LogP contribution is 2.44. The Hall–Kier alpha value is -1.16. The van der Waals surface area contributed by atoms with Crippen LogP contribution in [0.3, 0.4) is 0 Å². The van der Waals surface area contributed by atoms with Gasteiger partial charge in [0.15, 0.2) is 0 Å². The molecule has 0 N–H and O–H groups in total. The lowest BCUT2D eigenvalue weighted by atomic mass is 9.89. The molecule has 0 unspecified atom stereocenters. The fourth-order valence-corrected chi connectivity index (χ4v) is 5.33. The number of hydrogen-bond donors (Lipinski definition) is 0. The van der Waals surface area contributed by atoms with E-state index in [9.17, 15) is 21.6 Å². The molecule has 6 atom stereocenters. The van der Waals surface area contributed by atoms with Gasteiger partial charge in [-0.3, -0.25) is 0 Å². The van der Waals surface area contributed by atoms with Crippen molar-refractivity contribution in [2.75, 3.05) is 34.4 Å². The molecule has 10 nitrogen and oxygen atoms in total. The average Bonchev–Trinajstić information content (AvgIpc) is 3.03. The number of halogens is 3. The highest BCUT2D eigenvalue weighted by molar-refractivity contribution is 7.87. The minimum atomic E-state index is -5.84. The Morgan fingerprint density at radius 1 is 1.05 bits per heavy atom. The summed E-state index contributed by atoms with van der Waals surface area (Å²) in [6, 6.07) is 0. The molecule has 14 heteroatoms. The van der Waals surface area contributed by atoms with Crippen molar-refractivity contribution in [3.8, 4) is 0 Å². The second kappa shape index (κ2) is 12.3. The highest BCUT2D eigenvalue weighted by Gasteiger charge is 2.53. The first kappa shape index (κ1) is 30.4. The van der Waals surface area contributed by atoms with Crippen LogP contribution in [0.15, 0.2) is 12.0 Å². The van der Waals surface area contributed by atoms with E-state index in [2.05, 4.69) is 4.18 Å². The van der Waals surface area contributed by atoms with Gasteiger partial charge in [0.05, 0.1) is 23.9 Å². The SMILES string of the molecule is COCOCCC[C@H]1O[C@H]2CC[C@@]3(C)OC(OS(=O)(=O)C(F)(F)F)=CC[C@@H]3O[C@@H]2CC[C@]1(C)OCOC. The lowest BCUT2D eigenvalue weighted by Gasteiger charge is -2.39. The molecule has 0 radical (unpaired) electrons. The normalized spacial score (nSPS) is 34.8. The first-order chi connectivity index (χ1) is 17.3. The number of hydrogen-bond acceptors (Lipinski definition) is 10. The van der Waals surface area contributed by atoms with E-state index >= 15 is 0 Å². The lowest BCUT2D eigenvalue weighted by molar-refractivity contribution is -0.197. The van der Waals surface area contributed by atoms with Gasteiger partial charge in [0, 0.05) is 33.3 Å². The van der Waals surface area contributed by atoms with E-state index in [1.807, 2.05) is 6.92 Å². The summed E-state index contributed by atoms with van der Waals surface area (Å²) in [5.74, 6) is -0.697. The van der Waals surface area contributed by atoms with Crippen LogP contribution in [0.2, 0.25) is 0 Å². The second-order valence-corrected chi connectivity index (χ2v) is 11.4. The maximum absolute atomic E-state index is 12.8. The maximum atomic E-state index is 12.8. The summed E-state index contributed by atoms with van der Waals surface area (Å²) in [5.41, 5.74) is -7.29. The molecule has 3 aliphatic heterocycles. The van der Waals surface area contributed by atoms with Crippen molar-refractivity contribution in [3.63, 3.8) is 0 Å². The van der Waals surface area contributed by atoms with Gasteiger partial charge < -0.3 is 37.3 Å². The van der Waals surface area contributed by atoms with Gasteiger partial charge in [0.25, 0.3) is 5.95 Å². The molecular weight excluding hydrogens is 525 g/mol. The fourth-order valence-electron chi connectivity index (χ4n) is 4.92. The third-order valence-electron chi connectivity index (χ3n) is 7.08. The van der Waals surface area contributed by atoms with Crippen molar-refractivity contribution in [1.82, 2.24) is 0 Å². The molecule has 3 heterocycles. The average molecular weight is 563 g/mol. The molecule has 2 saturated heterocycles. The number of fused-ring (bicyclic) bond motifs is 2. The number of alkyl halides is 3. The smallest absolute Gasteiger partial charge is 0.456 e. The largest absolute Gasteiger partial charge is 0.534 e. The fraction of sp³-hybridized carbons (Fsp3) is 0.913. The number of ether oxygens (including phenoxy) is 7. The summed E-state index contributed by atoms with van der Waals surface area (Å²) < 4.78 is 106. The van der Waals surface area contributed by atoms with Gasteiger partial charge >= 0.3 is 15.6 Å². The van der Waals surface area contributed by atoms with Gasteiger partial charge in [-0.15, -0.1) is 0 Å². The van der Waals surface area contributed by atoms with Crippen molar-refractivity contribution in [3.05, 3.63) is 12.0 Å². The quantitative estimate of drug-likeness (QED) is 0.160. The van der Waals surface area contributed by atoms with Gasteiger partial charge in [-0.2, -0.15) is 21.6 Å². The summed E-state index contributed by atoms with van der Waals surface area (Å²) in [7, 11) is -2.73. The van der Waals surface area contributed by atoms with Gasteiger partial charge in [0.1, 0.15) is 25.3 Å². The Kier molecular flexibility index (Phi) is 10.1. The molecule has 0 aliphatic carbocycles. The van der Waals surface area contributed by atoms with Crippen LogP contribution in [0.5, 0.6) is 0 Å². The monoisotopic (exact) mass is 562 g/mol. The van der Waals surface area contributed by atoms with Gasteiger partial charge in [0.2, 0.25) is 0 Å². The van der Waals surface area contributed by atoms with Gasteiger partial charge in [-0.1, -0.05) is 0 Å². The number of rotatable bonds is 11. The zero-order chi connectivity index (χ0) is 27.3. The van der Waals surface area contributed by atoms with E-state index in [1.54, 1.807) is 21.1 Å². The van der Waals surface area contributed by atoms with Crippen molar-refractivity contribution in [2.45, 2.75) is 99.9 Å². The summed E-state index contributed by atoms with van der Waals surface area (Å²) in [4.78, 5) is 0. The molecule has 0 aromatic carbocycles. The Bertz CT molecular complexity index is 882. The molecule has 0 bridgehead atoms. The van der Waals surface area contributed by atoms with E-state index in [0.717, 1.165) is 0 Å². The lowest BCUT2D eigenvalue weighted by Crippen LogP contribution is -2.46. The third-order valence-corrected chi connectivity index (χ3v) is 8.03. The van der Waals surface area contributed by atoms with Crippen molar-refractivity contribution >= 4 is 10.1 Å². The zero-order valence-corrected chi connectivity index (χ0v) is 22.4. The third kappa shape index (κ3) is 7.49. The topological polar surface area (TPSA) is 108 Å². The van der Waals surface area contributed by atoms with E-state index in [4.69, 9.17) is 33.2 Å². The Labute approximate surface area is 215 Å². The molecule has 37 heavy (non-hydrogen) atoms. The highest BCUT2D eigenvalue weighted by atomic mass is 32.2. The molecule has 3 aliphatic rings. The summed E-state index contributed by atoms with van der Waals surface area (Å²) >= 11 is 0. The minimum Gasteiger partial charge on any atom is -0.456 e. The molecule has 0 spiro atoms. The maximum Gasteiger partial charge on any atom is 0.534 e. The van der Waals surface area contributed by atoms with Crippen molar-refractivity contribution in [1.29, 1.82) is 0 Å². The van der Waals surface area contributed by atoms with Crippen molar-refractivity contribution in [2.24, 2.45) is 0 Å². The molecule has 0 amide bonds. The molecule has 2 fully saturated rings. The van der Waals surface area contributed by atoms with Crippen molar-refractivity contribution < 1.29 is 58.9 Å². The van der Waals surface area contributed by atoms with Crippen LogP contribution in [0.25, 0.3) is 0 Å². The molecule has 216 valence electrons. The van der Waals surface area contributed by atoms with Gasteiger partial charge in [-0.25, -0.2) is 0 Å². The van der Waals surface area contributed by atoms with E-state index in [-0.39, 0.29) is 38.3 Å². The molecule has 0 saturated carbocycles. The van der Waals surface area contributed by atoms with Crippen LogP contribution in [0, 0.1) is 0 Å². The Morgan fingerprint density at radius 2 is 1.73 bits per heavy atom. The van der Waals surface area contributed by atoms with E-state index in [1.165, 1.54) is 6.08 Å². The Morgan fingerprint density at radius 3 is 2.41 bits per heavy atom. The zero-order valence-electron chi connectivity index (χ0n) is 21.6. The van der Waals surface area contributed by atoms with Crippen LogP contribution in [-0.4, -0.2) is 84.0 Å². The van der Waals surface area contributed by atoms with Crippen LogP contribution in [0.1, 0.15) is 58.8 Å². The van der Waals surface area contributed by atoms with E-state index < -0.39 is 38.9 Å². The molecular formula is C23H37F3O10S. The van der Waals surface area contributed by atoms with Crippen LogP contribution < -0.4 is 0 Å². The minimum absolute atomic E-state index is 0.107. The van der Waals surface area contributed by atoms with E-state index in [0.29, 0.717) is 45.1 Å². The predicted molar refractivity (Wildman–Crippen MR) is 122 cm³/mol. The standard InChI is InChI=1S/C23H37F3O10S/c1-21(32-15-30-4)11-9-16-17(33-18(21)6-5-13-31-14-29-3)10-12-22(2)19(34-16)7-8-20(35-22)36-37(27,28)23(24,25)26/h8,16-19H,5-7,9-15H2,1-4H3/t16-,17+,18-,19+,21+,22-/m1/s1. The summed E-state index contributed by atoms with van der Waals surface area (Å²) in [6.07, 6.45) is 3.26. The number of methoxy groups -OCH3 is 2. The molecule has 0 aromatic rings. The second-order valence-electron chi connectivity index (χ2n) is 9.88. The Balaban J connectivity index is 1.72. The first-order valence-corrected chi connectivity index (χ1v) is 13.6. The molecule has 3 rings (SSSR count). The molecule has 0 aromatic heterocycles. The van der Waals surface area contributed by atoms with Crippen LogP contribution >= 0.6 is 0 Å².